The van der Waals surface area contributed by atoms with Crippen LogP contribution in [0.5, 0.6) is 0 Å². The lowest BCUT2D eigenvalue weighted by Gasteiger charge is -2.07. The van der Waals surface area contributed by atoms with Crippen LogP contribution in [-0.2, 0) is 29.4 Å². The molecule has 0 saturated carbocycles. The van der Waals surface area contributed by atoms with Crippen LogP contribution in [0, 0.1) is 5.92 Å². The third-order valence-corrected chi connectivity index (χ3v) is 4.15. The lowest BCUT2D eigenvalue weighted by Crippen LogP contribution is -2.18. The summed E-state index contributed by atoms with van der Waals surface area (Å²) < 4.78 is 8.03. The Kier molecular flexibility index (Phi) is 3.99. The van der Waals surface area contributed by atoms with Crippen LogP contribution in [0.4, 0.5) is 0 Å². The quantitative estimate of drug-likeness (QED) is 0.853. The fourth-order valence-corrected chi connectivity index (χ4v) is 2.87. The first-order valence-electron chi connectivity index (χ1n) is 5.94. The highest BCUT2D eigenvalue weighted by molar-refractivity contribution is 9.10. The summed E-state index contributed by atoms with van der Waals surface area (Å²) in [6.45, 7) is 3.35. The third-order valence-electron chi connectivity index (χ3n) is 3.23. The van der Waals surface area contributed by atoms with E-state index in [1.54, 1.807) is 4.68 Å². The van der Waals surface area contributed by atoms with Crippen LogP contribution in [0.15, 0.2) is 4.47 Å². The van der Waals surface area contributed by atoms with Crippen molar-refractivity contribution in [3.8, 4) is 0 Å². The predicted molar refractivity (Wildman–Crippen MR) is 67.9 cm³/mol. The van der Waals surface area contributed by atoms with Crippen molar-refractivity contribution >= 4 is 21.7 Å². The molecule has 4 nitrogen and oxygen atoms in total. The molecule has 2 rings (SSSR count). The Bertz CT molecular complexity index is 422. The summed E-state index contributed by atoms with van der Waals surface area (Å²) in [5.41, 5.74) is 1.98. The van der Waals surface area contributed by atoms with Crippen LogP contribution in [0.1, 0.15) is 24.7 Å². The normalized spacial score (nSPS) is 19.8. The van der Waals surface area contributed by atoms with E-state index in [0.717, 1.165) is 28.7 Å². The molecule has 0 N–H and O–H groups in total. The van der Waals surface area contributed by atoms with E-state index in [1.165, 1.54) is 0 Å². The molecule has 1 saturated heterocycles. The summed E-state index contributed by atoms with van der Waals surface area (Å²) in [7, 11) is 1.89. The first kappa shape index (κ1) is 12.8. The zero-order valence-corrected chi connectivity index (χ0v) is 11.8. The van der Waals surface area contributed by atoms with Crippen molar-refractivity contribution in [2.24, 2.45) is 13.0 Å². The predicted octanol–water partition coefficient (Wildman–Crippen LogP) is 1.89. The monoisotopic (exact) mass is 300 g/mol. The summed E-state index contributed by atoms with van der Waals surface area (Å²) in [5.74, 6) is 0.329. The molecular weight excluding hydrogens is 284 g/mol. The molecule has 1 aliphatic rings. The Morgan fingerprint density at radius 2 is 2.41 bits per heavy atom. The lowest BCUT2D eigenvalue weighted by atomic mass is 9.99. The smallest absolute Gasteiger partial charge is 0.144 e. The first-order chi connectivity index (χ1) is 8.13. The first-order valence-corrected chi connectivity index (χ1v) is 6.73. The molecule has 0 amide bonds. The summed E-state index contributed by atoms with van der Waals surface area (Å²) in [6, 6.07) is 0. The van der Waals surface area contributed by atoms with Gasteiger partial charge in [0.05, 0.1) is 22.5 Å². The molecule has 1 fully saturated rings. The standard InChI is InChI=1S/C12H17BrN2O2/c1-3-9-12(13)10(15(2)14-9)6-11(16)8-4-5-17-7-8/h8H,3-7H2,1-2H3. The van der Waals surface area contributed by atoms with E-state index >= 15 is 0 Å². The Morgan fingerprint density at radius 1 is 1.65 bits per heavy atom. The molecule has 17 heavy (non-hydrogen) atoms. The van der Waals surface area contributed by atoms with Gasteiger partial charge in [-0.3, -0.25) is 9.48 Å². The molecule has 94 valence electrons. The van der Waals surface area contributed by atoms with Gasteiger partial charge in [0.1, 0.15) is 5.78 Å². The minimum absolute atomic E-state index is 0.0712. The molecule has 0 spiro atoms. The second kappa shape index (κ2) is 5.31. The molecule has 1 unspecified atom stereocenters. The van der Waals surface area contributed by atoms with Crippen LogP contribution >= 0.6 is 15.9 Å². The van der Waals surface area contributed by atoms with Crippen molar-refractivity contribution in [1.82, 2.24) is 9.78 Å². The Labute approximate surface area is 109 Å². The second-order valence-corrected chi connectivity index (χ2v) is 5.18. The van der Waals surface area contributed by atoms with E-state index in [2.05, 4.69) is 28.0 Å². The third kappa shape index (κ3) is 2.60. The highest BCUT2D eigenvalue weighted by atomic mass is 79.9. The maximum atomic E-state index is 12.1. The van der Waals surface area contributed by atoms with Gasteiger partial charge in [0.25, 0.3) is 0 Å². The summed E-state index contributed by atoms with van der Waals surface area (Å²) in [4.78, 5) is 12.1. The van der Waals surface area contributed by atoms with Crippen molar-refractivity contribution in [3.63, 3.8) is 0 Å². The van der Waals surface area contributed by atoms with Gasteiger partial charge in [0, 0.05) is 26.0 Å². The van der Waals surface area contributed by atoms with Gasteiger partial charge in [-0.2, -0.15) is 5.10 Å². The van der Waals surface area contributed by atoms with Crippen molar-refractivity contribution in [1.29, 1.82) is 0 Å². The average Bonchev–Trinajstić information content (AvgIpc) is 2.92. The minimum atomic E-state index is 0.0712. The summed E-state index contributed by atoms with van der Waals surface area (Å²) in [6.07, 6.45) is 2.17. The number of hydrogen-bond acceptors (Lipinski definition) is 3. The van der Waals surface area contributed by atoms with E-state index in [9.17, 15) is 4.79 Å². The molecule has 0 aliphatic carbocycles. The maximum Gasteiger partial charge on any atom is 0.144 e. The fourth-order valence-electron chi connectivity index (χ4n) is 2.11. The van der Waals surface area contributed by atoms with Crippen LogP contribution in [0.25, 0.3) is 0 Å². The number of Topliss-reactive ketones (excluding diaryl/α,β-unsaturated/α-hetero) is 1. The molecule has 1 aromatic rings. The highest BCUT2D eigenvalue weighted by Gasteiger charge is 2.25. The van der Waals surface area contributed by atoms with Gasteiger partial charge in [-0.15, -0.1) is 0 Å². The largest absolute Gasteiger partial charge is 0.381 e. The summed E-state index contributed by atoms with van der Waals surface area (Å²) >= 11 is 3.53. The van der Waals surface area contributed by atoms with E-state index in [0.29, 0.717) is 19.6 Å². The van der Waals surface area contributed by atoms with Crippen LogP contribution in [-0.4, -0.2) is 28.8 Å². The fraction of sp³-hybridized carbons (Fsp3) is 0.667. The van der Waals surface area contributed by atoms with Crippen molar-refractivity contribution in [3.05, 3.63) is 15.9 Å². The molecule has 1 atom stereocenters. The highest BCUT2D eigenvalue weighted by Crippen LogP contribution is 2.24. The van der Waals surface area contributed by atoms with Gasteiger partial charge in [-0.1, -0.05) is 6.92 Å². The van der Waals surface area contributed by atoms with Gasteiger partial charge >= 0.3 is 0 Å². The Morgan fingerprint density at radius 3 is 2.94 bits per heavy atom. The number of ether oxygens (including phenoxy) is 1. The topological polar surface area (TPSA) is 44.1 Å². The SMILES string of the molecule is CCc1nn(C)c(CC(=O)C2CCOC2)c1Br. The molecule has 1 aliphatic heterocycles. The number of aromatic nitrogens is 2. The number of carbonyl (C=O) groups is 1. The molecule has 0 radical (unpaired) electrons. The number of hydrogen-bond donors (Lipinski definition) is 0. The van der Waals surface area contributed by atoms with Gasteiger partial charge in [-0.25, -0.2) is 0 Å². The van der Waals surface area contributed by atoms with Crippen LogP contribution in [0.2, 0.25) is 0 Å². The van der Waals surface area contributed by atoms with E-state index in [-0.39, 0.29) is 11.7 Å². The number of carbonyl (C=O) groups excluding carboxylic acids is 1. The maximum absolute atomic E-state index is 12.1. The summed E-state index contributed by atoms with van der Waals surface area (Å²) in [5, 5.41) is 4.39. The van der Waals surface area contributed by atoms with Gasteiger partial charge < -0.3 is 4.74 Å². The Balaban J connectivity index is 2.12. The number of halogens is 1. The molecule has 1 aromatic heterocycles. The van der Waals surface area contributed by atoms with Crippen LogP contribution < -0.4 is 0 Å². The minimum Gasteiger partial charge on any atom is -0.381 e. The van der Waals surface area contributed by atoms with Crippen LogP contribution in [0.3, 0.4) is 0 Å². The molecule has 0 aromatic carbocycles. The van der Waals surface area contributed by atoms with Gasteiger partial charge in [0.2, 0.25) is 0 Å². The molecule has 5 heteroatoms. The van der Waals surface area contributed by atoms with Crippen molar-refractivity contribution in [2.45, 2.75) is 26.2 Å². The molecule has 2 heterocycles. The Hall–Kier alpha value is -0.680. The zero-order valence-electron chi connectivity index (χ0n) is 10.2. The number of ketones is 1. The van der Waals surface area contributed by atoms with Crippen molar-refractivity contribution < 1.29 is 9.53 Å². The number of aryl methyl sites for hydroxylation is 2. The zero-order chi connectivity index (χ0) is 12.4. The molecular formula is C12H17BrN2O2. The van der Waals surface area contributed by atoms with E-state index in [1.807, 2.05) is 7.05 Å². The second-order valence-electron chi connectivity index (χ2n) is 4.39. The molecule has 0 bridgehead atoms. The number of rotatable bonds is 4. The van der Waals surface area contributed by atoms with Gasteiger partial charge in [-0.05, 0) is 28.8 Å². The van der Waals surface area contributed by atoms with E-state index in [4.69, 9.17) is 4.74 Å². The lowest BCUT2D eigenvalue weighted by molar-refractivity contribution is -0.122. The number of nitrogens with zero attached hydrogens (tertiary/aromatic N) is 2. The van der Waals surface area contributed by atoms with Gasteiger partial charge in [0.15, 0.2) is 0 Å². The van der Waals surface area contributed by atoms with Crippen molar-refractivity contribution in [2.75, 3.05) is 13.2 Å². The van der Waals surface area contributed by atoms with E-state index < -0.39 is 0 Å². The average molecular weight is 301 g/mol.